The molecule has 0 saturated heterocycles. The molecule has 3 aromatic carbocycles. The molecule has 0 aliphatic rings. The summed E-state index contributed by atoms with van der Waals surface area (Å²) >= 11 is 0. The van der Waals surface area contributed by atoms with Crippen LogP contribution in [-0.2, 0) is 11.2 Å². The van der Waals surface area contributed by atoms with Gasteiger partial charge in [-0.3, -0.25) is 0 Å². The normalized spacial score (nSPS) is 10.6. The SMILES string of the molecule is CCOC(=O)c1ccc(-c2cc(-c3ccc(C)cc3)ccc2CC)cc1. The van der Waals surface area contributed by atoms with E-state index in [1.165, 1.54) is 27.8 Å². The van der Waals surface area contributed by atoms with Crippen LogP contribution in [0.3, 0.4) is 0 Å². The van der Waals surface area contributed by atoms with Crippen LogP contribution in [0.5, 0.6) is 0 Å². The van der Waals surface area contributed by atoms with E-state index in [1.807, 2.05) is 31.2 Å². The van der Waals surface area contributed by atoms with Gasteiger partial charge in [-0.15, -0.1) is 0 Å². The first-order valence-electron chi connectivity index (χ1n) is 9.10. The van der Waals surface area contributed by atoms with Gasteiger partial charge < -0.3 is 4.74 Å². The Hall–Kier alpha value is -2.87. The summed E-state index contributed by atoms with van der Waals surface area (Å²) < 4.78 is 5.07. The molecular formula is C24H24O2. The molecule has 0 aliphatic carbocycles. The highest BCUT2D eigenvalue weighted by Gasteiger charge is 2.10. The number of carbonyl (C=O) groups excluding carboxylic acids is 1. The zero-order chi connectivity index (χ0) is 18.5. The molecule has 0 bridgehead atoms. The van der Waals surface area contributed by atoms with Gasteiger partial charge in [-0.2, -0.15) is 0 Å². The maximum Gasteiger partial charge on any atom is 0.338 e. The summed E-state index contributed by atoms with van der Waals surface area (Å²) in [5, 5.41) is 0. The van der Waals surface area contributed by atoms with E-state index in [0.29, 0.717) is 12.2 Å². The minimum Gasteiger partial charge on any atom is -0.462 e. The first-order valence-corrected chi connectivity index (χ1v) is 9.10. The van der Waals surface area contributed by atoms with Crippen molar-refractivity contribution in [2.75, 3.05) is 6.61 Å². The minimum absolute atomic E-state index is 0.275. The number of rotatable bonds is 5. The molecular weight excluding hydrogens is 320 g/mol. The third-order valence-corrected chi connectivity index (χ3v) is 4.58. The van der Waals surface area contributed by atoms with Gasteiger partial charge in [0.1, 0.15) is 0 Å². The molecule has 0 unspecified atom stereocenters. The smallest absolute Gasteiger partial charge is 0.338 e. The third kappa shape index (κ3) is 3.85. The summed E-state index contributed by atoms with van der Waals surface area (Å²) in [5.74, 6) is -0.275. The number of benzene rings is 3. The molecule has 0 N–H and O–H groups in total. The summed E-state index contributed by atoms with van der Waals surface area (Å²) in [4.78, 5) is 11.9. The maximum absolute atomic E-state index is 11.9. The lowest BCUT2D eigenvalue weighted by atomic mass is 9.93. The molecule has 0 amide bonds. The molecule has 2 heteroatoms. The molecule has 0 heterocycles. The molecule has 3 aromatic rings. The van der Waals surface area contributed by atoms with E-state index in [-0.39, 0.29) is 5.97 Å². The number of ether oxygens (including phenoxy) is 1. The van der Waals surface area contributed by atoms with Crippen molar-refractivity contribution in [2.45, 2.75) is 27.2 Å². The average molecular weight is 344 g/mol. The van der Waals surface area contributed by atoms with Gasteiger partial charge in [-0.25, -0.2) is 4.79 Å². The molecule has 0 aromatic heterocycles. The summed E-state index contributed by atoms with van der Waals surface area (Å²) in [6.07, 6.45) is 0.961. The fourth-order valence-electron chi connectivity index (χ4n) is 3.08. The van der Waals surface area contributed by atoms with Crippen LogP contribution in [0.25, 0.3) is 22.3 Å². The van der Waals surface area contributed by atoms with Crippen LogP contribution in [0.15, 0.2) is 66.7 Å². The van der Waals surface area contributed by atoms with Gasteiger partial charge in [0.15, 0.2) is 0 Å². The van der Waals surface area contributed by atoms with Crippen LogP contribution >= 0.6 is 0 Å². The van der Waals surface area contributed by atoms with E-state index >= 15 is 0 Å². The Bertz CT molecular complexity index is 890. The fraction of sp³-hybridized carbons (Fsp3) is 0.208. The predicted molar refractivity (Wildman–Crippen MR) is 107 cm³/mol. The Labute approximate surface area is 155 Å². The number of hydrogen-bond donors (Lipinski definition) is 0. The standard InChI is InChI=1S/C24H24O2/c1-4-18-10-15-22(19-8-6-17(3)7-9-19)16-23(18)20-11-13-21(14-12-20)24(25)26-5-2/h6-16H,4-5H2,1-3H3. The first-order chi connectivity index (χ1) is 12.6. The maximum atomic E-state index is 11.9. The lowest BCUT2D eigenvalue weighted by molar-refractivity contribution is 0.0526. The zero-order valence-electron chi connectivity index (χ0n) is 15.6. The molecule has 0 saturated carbocycles. The van der Waals surface area contributed by atoms with Gasteiger partial charge in [-0.05, 0) is 66.3 Å². The van der Waals surface area contributed by atoms with Crippen LogP contribution in [-0.4, -0.2) is 12.6 Å². The molecule has 2 nitrogen and oxygen atoms in total. The Morgan fingerprint density at radius 1 is 0.808 bits per heavy atom. The van der Waals surface area contributed by atoms with Crippen LogP contribution in [0.1, 0.15) is 35.3 Å². The average Bonchev–Trinajstić information content (AvgIpc) is 2.68. The highest BCUT2D eigenvalue weighted by molar-refractivity contribution is 5.90. The number of aryl methyl sites for hydroxylation is 2. The van der Waals surface area contributed by atoms with Crippen molar-refractivity contribution in [3.63, 3.8) is 0 Å². The van der Waals surface area contributed by atoms with Gasteiger partial charge in [0, 0.05) is 0 Å². The van der Waals surface area contributed by atoms with E-state index < -0.39 is 0 Å². The van der Waals surface area contributed by atoms with E-state index in [2.05, 4.69) is 56.3 Å². The summed E-state index contributed by atoms with van der Waals surface area (Å²) in [5.41, 5.74) is 7.88. The van der Waals surface area contributed by atoms with E-state index in [9.17, 15) is 4.79 Å². The number of hydrogen-bond acceptors (Lipinski definition) is 2. The molecule has 132 valence electrons. The second-order valence-corrected chi connectivity index (χ2v) is 6.39. The lowest BCUT2D eigenvalue weighted by Gasteiger charge is -2.12. The number of esters is 1. The van der Waals surface area contributed by atoms with E-state index in [0.717, 1.165) is 12.0 Å². The zero-order valence-corrected chi connectivity index (χ0v) is 15.6. The predicted octanol–water partition coefficient (Wildman–Crippen LogP) is 6.07. The third-order valence-electron chi connectivity index (χ3n) is 4.58. The van der Waals surface area contributed by atoms with Crippen LogP contribution in [0.4, 0.5) is 0 Å². The number of carbonyl (C=O) groups is 1. The summed E-state index contributed by atoms with van der Waals surface area (Å²) in [7, 11) is 0. The van der Waals surface area contributed by atoms with Crippen molar-refractivity contribution in [2.24, 2.45) is 0 Å². The molecule has 0 spiro atoms. The van der Waals surface area contributed by atoms with Crippen LogP contribution in [0.2, 0.25) is 0 Å². The Balaban J connectivity index is 1.99. The van der Waals surface area contributed by atoms with Crippen molar-refractivity contribution in [3.05, 3.63) is 83.4 Å². The minimum atomic E-state index is -0.275. The first kappa shape index (κ1) is 17.9. The van der Waals surface area contributed by atoms with Gasteiger partial charge in [0.05, 0.1) is 12.2 Å². The summed E-state index contributed by atoms with van der Waals surface area (Å²) in [6.45, 7) is 6.47. The van der Waals surface area contributed by atoms with Crippen LogP contribution < -0.4 is 0 Å². The second kappa shape index (κ2) is 8.01. The Morgan fingerprint density at radius 3 is 2.04 bits per heavy atom. The van der Waals surface area contributed by atoms with Gasteiger partial charge in [0.2, 0.25) is 0 Å². The van der Waals surface area contributed by atoms with Crippen molar-refractivity contribution in [1.29, 1.82) is 0 Å². The molecule has 0 radical (unpaired) electrons. The Morgan fingerprint density at radius 2 is 1.42 bits per heavy atom. The van der Waals surface area contributed by atoms with Gasteiger partial charge in [-0.1, -0.05) is 61.0 Å². The largest absolute Gasteiger partial charge is 0.462 e. The monoisotopic (exact) mass is 344 g/mol. The van der Waals surface area contributed by atoms with E-state index in [1.54, 1.807) is 0 Å². The highest BCUT2D eigenvalue weighted by Crippen LogP contribution is 2.30. The van der Waals surface area contributed by atoms with Crippen molar-refractivity contribution in [3.8, 4) is 22.3 Å². The highest BCUT2D eigenvalue weighted by atomic mass is 16.5. The molecule has 3 rings (SSSR count). The lowest BCUT2D eigenvalue weighted by Crippen LogP contribution is -2.04. The fourth-order valence-corrected chi connectivity index (χ4v) is 3.08. The van der Waals surface area contributed by atoms with Crippen molar-refractivity contribution >= 4 is 5.97 Å². The Kier molecular flexibility index (Phi) is 5.52. The quantitative estimate of drug-likeness (QED) is 0.525. The van der Waals surface area contributed by atoms with Gasteiger partial charge in [0.25, 0.3) is 0 Å². The van der Waals surface area contributed by atoms with Gasteiger partial charge >= 0.3 is 5.97 Å². The van der Waals surface area contributed by atoms with E-state index in [4.69, 9.17) is 4.74 Å². The summed E-state index contributed by atoms with van der Waals surface area (Å²) in [6, 6.07) is 22.9. The molecule has 0 fully saturated rings. The van der Waals surface area contributed by atoms with Crippen LogP contribution in [0, 0.1) is 6.92 Å². The van der Waals surface area contributed by atoms with Crippen molar-refractivity contribution in [1.82, 2.24) is 0 Å². The molecule has 0 atom stereocenters. The molecule has 26 heavy (non-hydrogen) atoms. The van der Waals surface area contributed by atoms with Crippen molar-refractivity contribution < 1.29 is 9.53 Å². The topological polar surface area (TPSA) is 26.3 Å². The second-order valence-electron chi connectivity index (χ2n) is 6.39. The molecule has 0 aliphatic heterocycles.